The second kappa shape index (κ2) is 7.71. The van der Waals surface area contributed by atoms with Gasteiger partial charge in [0.05, 0.1) is 5.39 Å². The molecule has 0 bridgehead atoms. The summed E-state index contributed by atoms with van der Waals surface area (Å²) in [6.07, 6.45) is 1.64. The van der Waals surface area contributed by atoms with E-state index in [4.69, 9.17) is 5.11 Å². The molecular weight excluding hydrogens is 340 g/mol. The molecule has 7 nitrogen and oxygen atoms in total. The highest BCUT2D eigenvalue weighted by molar-refractivity contribution is 7.17. The minimum absolute atomic E-state index is 0.156. The predicted octanol–water partition coefficient (Wildman–Crippen LogP) is 2.36. The van der Waals surface area contributed by atoms with E-state index in [1.807, 2.05) is 35.7 Å². The van der Waals surface area contributed by atoms with E-state index < -0.39 is 5.97 Å². The van der Waals surface area contributed by atoms with Gasteiger partial charge in [0.1, 0.15) is 23.5 Å². The molecule has 3 N–H and O–H groups in total. The molecule has 3 rings (SSSR count). The lowest BCUT2D eigenvalue weighted by Gasteiger charge is -2.08. The number of aliphatic carboxylic acids is 1. The van der Waals surface area contributed by atoms with Gasteiger partial charge in [-0.05, 0) is 5.56 Å². The molecule has 0 aliphatic carbocycles. The third-order valence-electron chi connectivity index (χ3n) is 3.54. The fraction of sp³-hybridized carbons (Fsp3) is 0.176. The second-order valence-corrected chi connectivity index (χ2v) is 6.12. The molecule has 0 aliphatic heterocycles. The van der Waals surface area contributed by atoms with Crippen molar-refractivity contribution in [2.45, 2.75) is 6.42 Å². The predicted molar refractivity (Wildman–Crippen MR) is 96.6 cm³/mol. The zero-order chi connectivity index (χ0) is 17.6. The molecule has 2 aromatic heterocycles. The summed E-state index contributed by atoms with van der Waals surface area (Å²) in [6, 6.07) is 9.96. The van der Waals surface area contributed by atoms with Gasteiger partial charge in [0.25, 0.3) is 0 Å². The number of anilines is 1. The van der Waals surface area contributed by atoms with E-state index >= 15 is 0 Å². The zero-order valence-corrected chi connectivity index (χ0v) is 14.0. The number of nitrogens with one attached hydrogen (secondary N) is 2. The molecule has 0 saturated heterocycles. The highest BCUT2D eigenvalue weighted by atomic mass is 32.1. The highest BCUT2D eigenvalue weighted by Crippen LogP contribution is 2.36. The molecule has 0 spiro atoms. The van der Waals surface area contributed by atoms with Crippen molar-refractivity contribution in [2.75, 3.05) is 18.4 Å². The lowest BCUT2D eigenvalue weighted by molar-refractivity contribution is -0.137. The number of carbonyl (C=O) groups is 2. The number of carboxylic acids is 1. The summed E-state index contributed by atoms with van der Waals surface area (Å²) < 4.78 is 0. The van der Waals surface area contributed by atoms with Crippen LogP contribution >= 0.6 is 11.3 Å². The van der Waals surface area contributed by atoms with Crippen LogP contribution in [0.2, 0.25) is 0 Å². The first kappa shape index (κ1) is 16.8. The van der Waals surface area contributed by atoms with E-state index in [0.29, 0.717) is 12.4 Å². The Morgan fingerprint density at radius 1 is 1.16 bits per heavy atom. The van der Waals surface area contributed by atoms with E-state index in [1.165, 1.54) is 17.7 Å². The Labute approximate surface area is 147 Å². The Kier molecular flexibility index (Phi) is 5.20. The smallest absolute Gasteiger partial charge is 0.322 e. The highest BCUT2D eigenvalue weighted by Gasteiger charge is 2.13. The molecule has 3 aromatic rings. The lowest BCUT2D eigenvalue weighted by Crippen LogP contribution is -2.30. The third-order valence-corrected chi connectivity index (χ3v) is 4.42. The largest absolute Gasteiger partial charge is 0.480 e. The van der Waals surface area contributed by atoms with Gasteiger partial charge in [-0.3, -0.25) is 9.59 Å². The third kappa shape index (κ3) is 4.10. The van der Waals surface area contributed by atoms with E-state index in [2.05, 4.69) is 20.6 Å². The molecule has 0 atom stereocenters. The van der Waals surface area contributed by atoms with Crippen LogP contribution in [0, 0.1) is 0 Å². The number of carbonyl (C=O) groups excluding carboxylic acids is 1. The second-order valence-electron chi connectivity index (χ2n) is 5.27. The van der Waals surface area contributed by atoms with Crippen molar-refractivity contribution in [3.05, 3.63) is 42.0 Å². The minimum atomic E-state index is -1.07. The van der Waals surface area contributed by atoms with Crippen molar-refractivity contribution in [1.82, 2.24) is 15.3 Å². The first-order valence-electron chi connectivity index (χ1n) is 7.65. The van der Waals surface area contributed by atoms with Gasteiger partial charge in [0.15, 0.2) is 0 Å². The Morgan fingerprint density at radius 3 is 2.72 bits per heavy atom. The molecule has 1 amide bonds. The number of hydrogen-bond donors (Lipinski definition) is 3. The van der Waals surface area contributed by atoms with Crippen LogP contribution in [0.3, 0.4) is 0 Å². The van der Waals surface area contributed by atoms with Crippen molar-refractivity contribution in [1.29, 1.82) is 0 Å². The lowest BCUT2D eigenvalue weighted by atomic mass is 10.1. The van der Waals surface area contributed by atoms with Crippen LogP contribution in [0.25, 0.3) is 21.3 Å². The monoisotopic (exact) mass is 356 g/mol. The van der Waals surface area contributed by atoms with Crippen molar-refractivity contribution in [2.24, 2.45) is 0 Å². The standard InChI is InChI=1S/C17H16N4O3S/c22-13(19-8-14(23)24)6-7-18-16-15-12(11-4-2-1-3-5-11)9-25-17(15)21-10-20-16/h1-5,9-10H,6-8H2,(H,19,22)(H,23,24)(H,18,20,21). The van der Waals surface area contributed by atoms with E-state index in [1.54, 1.807) is 0 Å². The summed E-state index contributed by atoms with van der Waals surface area (Å²) in [7, 11) is 0. The maximum Gasteiger partial charge on any atom is 0.322 e. The molecule has 128 valence electrons. The van der Waals surface area contributed by atoms with Crippen LogP contribution < -0.4 is 10.6 Å². The van der Waals surface area contributed by atoms with E-state index in [9.17, 15) is 9.59 Å². The minimum Gasteiger partial charge on any atom is -0.480 e. The van der Waals surface area contributed by atoms with Crippen LogP contribution in [-0.4, -0.2) is 40.0 Å². The molecular formula is C17H16N4O3S. The van der Waals surface area contributed by atoms with Gasteiger partial charge >= 0.3 is 5.97 Å². The average molecular weight is 356 g/mol. The number of nitrogens with zero attached hydrogens (tertiary/aromatic N) is 2. The molecule has 1 aromatic carbocycles. The number of thiophene rings is 1. The number of benzene rings is 1. The summed E-state index contributed by atoms with van der Waals surface area (Å²) in [4.78, 5) is 31.5. The summed E-state index contributed by atoms with van der Waals surface area (Å²) in [5.41, 5.74) is 2.12. The quantitative estimate of drug-likeness (QED) is 0.600. The molecule has 8 heteroatoms. The molecule has 2 heterocycles. The summed E-state index contributed by atoms with van der Waals surface area (Å²) in [6.45, 7) is -0.0269. The Bertz CT molecular complexity index is 895. The molecule has 0 unspecified atom stereocenters. The maximum absolute atomic E-state index is 11.6. The van der Waals surface area contributed by atoms with Crippen LogP contribution in [0.5, 0.6) is 0 Å². The van der Waals surface area contributed by atoms with Crippen LogP contribution in [0.15, 0.2) is 42.0 Å². The molecule has 25 heavy (non-hydrogen) atoms. The summed E-state index contributed by atoms with van der Waals surface area (Å²) in [5, 5.41) is 17.0. The molecule has 0 saturated carbocycles. The van der Waals surface area contributed by atoms with Gasteiger partial charge in [-0.1, -0.05) is 30.3 Å². The van der Waals surface area contributed by atoms with Gasteiger partial charge in [-0.15, -0.1) is 11.3 Å². The topological polar surface area (TPSA) is 104 Å². The number of carboxylic acid groups (broad SMARTS) is 1. The Balaban J connectivity index is 1.75. The first-order chi connectivity index (χ1) is 12.1. The normalized spacial score (nSPS) is 10.6. The van der Waals surface area contributed by atoms with Gasteiger partial charge in [-0.2, -0.15) is 0 Å². The van der Waals surface area contributed by atoms with E-state index in [0.717, 1.165) is 21.3 Å². The summed E-state index contributed by atoms with van der Waals surface area (Å²) in [5.74, 6) is -0.727. The SMILES string of the molecule is O=C(O)CNC(=O)CCNc1ncnc2scc(-c3ccccc3)c12. The number of amides is 1. The van der Waals surface area contributed by atoms with Gasteiger partial charge in [0.2, 0.25) is 5.91 Å². The van der Waals surface area contributed by atoms with Crippen molar-refractivity contribution in [3.63, 3.8) is 0 Å². The van der Waals surface area contributed by atoms with Crippen LogP contribution in [0.1, 0.15) is 6.42 Å². The molecule has 0 fully saturated rings. The zero-order valence-electron chi connectivity index (χ0n) is 13.2. The molecule has 0 aliphatic rings. The Hall–Kier alpha value is -3.00. The number of hydrogen-bond acceptors (Lipinski definition) is 6. The van der Waals surface area contributed by atoms with Crippen molar-refractivity contribution in [3.8, 4) is 11.1 Å². The fourth-order valence-electron chi connectivity index (χ4n) is 2.40. The van der Waals surface area contributed by atoms with Crippen molar-refractivity contribution < 1.29 is 14.7 Å². The summed E-state index contributed by atoms with van der Waals surface area (Å²) >= 11 is 1.54. The number of aromatic nitrogens is 2. The maximum atomic E-state index is 11.6. The molecule has 0 radical (unpaired) electrons. The van der Waals surface area contributed by atoms with E-state index in [-0.39, 0.29) is 18.9 Å². The average Bonchev–Trinajstić information content (AvgIpc) is 3.06. The number of rotatable bonds is 7. The van der Waals surface area contributed by atoms with Crippen LogP contribution in [0.4, 0.5) is 5.82 Å². The Morgan fingerprint density at radius 2 is 1.96 bits per heavy atom. The number of fused-ring (bicyclic) bond motifs is 1. The first-order valence-corrected chi connectivity index (χ1v) is 8.53. The van der Waals surface area contributed by atoms with Crippen LogP contribution in [-0.2, 0) is 9.59 Å². The van der Waals surface area contributed by atoms with Gasteiger partial charge in [-0.25, -0.2) is 9.97 Å². The van der Waals surface area contributed by atoms with Gasteiger partial charge < -0.3 is 15.7 Å². The van der Waals surface area contributed by atoms with Crippen molar-refractivity contribution >= 4 is 39.2 Å². The van der Waals surface area contributed by atoms with Gasteiger partial charge in [0, 0.05) is 23.9 Å². The fourth-order valence-corrected chi connectivity index (χ4v) is 3.31.